The number of hydrogen-bond acceptors (Lipinski definition) is 11. The van der Waals surface area contributed by atoms with Gasteiger partial charge < -0.3 is 35.2 Å². The number of nitriles is 1. The average Bonchev–Trinajstić information content (AvgIpc) is 4.03. The van der Waals surface area contributed by atoms with Crippen molar-refractivity contribution in [3.63, 3.8) is 0 Å². The van der Waals surface area contributed by atoms with E-state index in [1.54, 1.807) is 21.0 Å². The maximum absolute atomic E-state index is 11.4. The molecule has 0 radical (unpaired) electrons. The van der Waals surface area contributed by atoms with Gasteiger partial charge in [0.25, 0.3) is 0 Å². The SMILES string of the molecule is C=C(C)N.CC.CC(C)N1CC[C@@H](C#N)C1.CC(C)N1CC[C@@H](C)C1.CC(C)N1CC[C@@H](CO)C1.CCS(=O)(=O)C[C@@H]1CCN(C(C)C)C1.COC[C@@H]1CCN(C(C)C)C1. The Kier molecular flexibility index (Phi) is 34.6. The number of nitrogens with two attached hydrogens (primary N) is 1. The first kappa shape index (κ1) is 60.8. The summed E-state index contributed by atoms with van der Waals surface area (Å²) in [7, 11) is -0.989. The highest BCUT2D eigenvalue weighted by Crippen LogP contribution is 2.21. The molecule has 0 aromatic heterocycles. The highest BCUT2D eigenvalue weighted by atomic mass is 32.2. The van der Waals surface area contributed by atoms with Gasteiger partial charge in [0.2, 0.25) is 0 Å². The van der Waals surface area contributed by atoms with Gasteiger partial charge in [0, 0.05) is 82.4 Å². The number of aliphatic hydroxyl groups is 1. The second kappa shape index (κ2) is 34.2. The lowest BCUT2D eigenvalue weighted by molar-refractivity contribution is 0.149. The molecule has 5 fully saturated rings. The molecular weight excluding hydrogens is 771 g/mol. The molecule has 5 aliphatic rings. The smallest absolute Gasteiger partial charge is 0.150 e. The van der Waals surface area contributed by atoms with E-state index < -0.39 is 9.84 Å². The van der Waals surface area contributed by atoms with Crippen LogP contribution in [0.4, 0.5) is 0 Å². The van der Waals surface area contributed by atoms with Crippen molar-refractivity contribution in [1.82, 2.24) is 24.5 Å². The first-order valence-corrected chi connectivity index (χ1v) is 25.7. The van der Waals surface area contributed by atoms with E-state index in [0.717, 1.165) is 70.0 Å². The van der Waals surface area contributed by atoms with Gasteiger partial charge in [0.05, 0.1) is 24.3 Å². The summed E-state index contributed by atoms with van der Waals surface area (Å²) in [4.78, 5) is 12.2. The molecule has 0 aromatic carbocycles. The lowest BCUT2D eigenvalue weighted by Crippen LogP contribution is -2.29. The molecule has 5 saturated heterocycles. The molecule has 0 amide bonds. The summed E-state index contributed by atoms with van der Waals surface area (Å²) in [5.41, 5.74) is 5.58. The predicted octanol–water partition coefficient (Wildman–Crippen LogP) is 7.71. The van der Waals surface area contributed by atoms with Crippen molar-refractivity contribution < 1.29 is 18.3 Å². The second-order valence-corrected chi connectivity index (χ2v) is 21.5. The van der Waals surface area contributed by atoms with Crippen LogP contribution in [0.1, 0.15) is 136 Å². The quantitative estimate of drug-likeness (QED) is 0.212. The largest absolute Gasteiger partial charge is 0.403 e. The van der Waals surface area contributed by atoms with E-state index in [-0.39, 0.29) is 5.75 Å². The molecule has 358 valence electrons. The third-order valence-corrected chi connectivity index (χ3v) is 13.9. The minimum atomic E-state index is -2.78. The van der Waals surface area contributed by atoms with Gasteiger partial charge in [-0.2, -0.15) is 5.26 Å². The molecule has 12 heteroatoms. The molecule has 5 aliphatic heterocycles. The van der Waals surface area contributed by atoms with Gasteiger partial charge in [-0.25, -0.2) is 8.42 Å². The number of likely N-dealkylation sites (tertiary alicyclic amines) is 5. The lowest BCUT2D eigenvalue weighted by Gasteiger charge is -2.20. The Morgan fingerprint density at radius 3 is 1.33 bits per heavy atom. The number of methoxy groups -OCH3 is 1. The molecule has 0 spiro atoms. The zero-order valence-corrected chi connectivity index (χ0v) is 43.1. The number of rotatable bonds is 11. The van der Waals surface area contributed by atoms with E-state index in [2.05, 4.69) is 113 Å². The van der Waals surface area contributed by atoms with Gasteiger partial charge in [-0.15, -0.1) is 0 Å². The molecule has 60 heavy (non-hydrogen) atoms. The van der Waals surface area contributed by atoms with Crippen LogP contribution in [-0.4, -0.2) is 166 Å². The van der Waals surface area contributed by atoms with E-state index >= 15 is 0 Å². The monoisotopic (exact) mass is 872 g/mol. The summed E-state index contributed by atoms with van der Waals surface area (Å²) in [6.45, 7) is 48.1. The number of sulfone groups is 1. The first-order valence-electron chi connectivity index (χ1n) is 23.9. The van der Waals surface area contributed by atoms with Crippen molar-refractivity contribution in [2.24, 2.45) is 35.3 Å². The second-order valence-electron chi connectivity index (χ2n) is 19.1. The van der Waals surface area contributed by atoms with Crippen LogP contribution in [0.5, 0.6) is 0 Å². The van der Waals surface area contributed by atoms with E-state index in [1.165, 1.54) is 52.0 Å². The summed E-state index contributed by atoms with van der Waals surface area (Å²) in [5, 5.41) is 17.4. The minimum Gasteiger partial charge on any atom is -0.403 e. The molecule has 3 N–H and O–H groups in total. The maximum atomic E-state index is 11.4. The summed E-state index contributed by atoms with van der Waals surface area (Å²) < 4.78 is 28.0. The van der Waals surface area contributed by atoms with Crippen molar-refractivity contribution in [2.75, 3.05) is 97.3 Å². The molecule has 5 atom stereocenters. The first-order chi connectivity index (χ1) is 28.1. The standard InChI is InChI=1S/C10H21NO2S.C9H19NO.C8H14N2.C8H17NO.C8H17N.C3H7N.C2H6/c1-4-14(12,13)8-10-5-6-11(7-10)9(2)3;1-8(2)10-5-4-9(6-10)7-11-3;1-7(2)10-4-3-8(5-9)6-10;1-7(2)9-4-3-8(5-9)6-10;1-7(2)9-5-4-8(3)6-9;1-3(2)4;1-2/h9-10H,4-8H2,1-3H3;8-9H,4-7H2,1-3H3;7-8H,3-4,6H2,1-2H3;7-8,10H,3-6H2,1-2H3;7-8H,4-6H2,1-3H3;1,4H2,2H3;1-2H3/t10-;9-;3*8-;;/m11011../s1. The number of ether oxygens (including phenoxy) is 1. The van der Waals surface area contributed by atoms with Crippen LogP contribution in [0.15, 0.2) is 12.3 Å². The Labute approximate surface area is 373 Å². The summed E-state index contributed by atoms with van der Waals surface area (Å²) >= 11 is 0. The van der Waals surface area contributed by atoms with E-state index in [4.69, 9.17) is 20.8 Å². The Hall–Kier alpha value is -1.30. The van der Waals surface area contributed by atoms with Gasteiger partial charge in [-0.05, 0) is 170 Å². The molecular formula is C48H101N7O4S. The van der Waals surface area contributed by atoms with Gasteiger partial charge in [0.1, 0.15) is 9.84 Å². The van der Waals surface area contributed by atoms with Crippen molar-refractivity contribution in [3.05, 3.63) is 12.3 Å². The van der Waals surface area contributed by atoms with Crippen LogP contribution >= 0.6 is 0 Å². The molecule has 0 unspecified atom stereocenters. The third-order valence-electron chi connectivity index (χ3n) is 12.1. The summed E-state index contributed by atoms with van der Waals surface area (Å²) in [6, 6.07) is 5.58. The topological polar surface area (TPSA) is 130 Å². The zero-order valence-electron chi connectivity index (χ0n) is 42.3. The third kappa shape index (κ3) is 28.4. The van der Waals surface area contributed by atoms with Crippen LogP contribution < -0.4 is 5.73 Å². The highest BCUT2D eigenvalue weighted by molar-refractivity contribution is 7.91. The molecule has 0 bridgehead atoms. The van der Waals surface area contributed by atoms with Crippen molar-refractivity contribution in [3.8, 4) is 6.07 Å². The number of nitrogens with zero attached hydrogens (tertiary/aromatic N) is 6. The Balaban J connectivity index is 0. The molecule has 0 saturated carbocycles. The van der Waals surface area contributed by atoms with E-state index in [1.807, 2.05) is 13.8 Å². The number of aliphatic hydroxyl groups excluding tert-OH is 1. The number of allylic oxidation sites excluding steroid dienone is 1. The molecule has 11 nitrogen and oxygen atoms in total. The lowest BCUT2D eigenvalue weighted by atomic mass is 10.1. The predicted molar refractivity (Wildman–Crippen MR) is 259 cm³/mol. The van der Waals surface area contributed by atoms with Crippen molar-refractivity contribution >= 4 is 9.84 Å². The molecule has 0 aromatic rings. The molecule has 0 aliphatic carbocycles. The van der Waals surface area contributed by atoms with Crippen LogP contribution in [0.3, 0.4) is 0 Å². The van der Waals surface area contributed by atoms with E-state index in [0.29, 0.717) is 60.0 Å². The fourth-order valence-electron chi connectivity index (χ4n) is 7.93. The minimum absolute atomic E-state index is 0.283. The molecule has 5 heterocycles. The van der Waals surface area contributed by atoms with Gasteiger partial charge >= 0.3 is 0 Å². The zero-order chi connectivity index (χ0) is 46.6. The average molecular weight is 872 g/mol. The van der Waals surface area contributed by atoms with Gasteiger partial charge in [0.15, 0.2) is 0 Å². The van der Waals surface area contributed by atoms with Crippen LogP contribution in [-0.2, 0) is 14.6 Å². The Morgan fingerprint density at radius 1 is 0.700 bits per heavy atom. The van der Waals surface area contributed by atoms with Gasteiger partial charge in [-0.3, -0.25) is 4.90 Å². The Bertz CT molecular complexity index is 1210. The van der Waals surface area contributed by atoms with Gasteiger partial charge in [-0.1, -0.05) is 34.3 Å². The fourth-order valence-corrected chi connectivity index (χ4v) is 9.15. The van der Waals surface area contributed by atoms with Crippen molar-refractivity contribution in [2.45, 2.75) is 166 Å². The Morgan fingerprint density at radius 2 is 1.05 bits per heavy atom. The molecule has 5 rings (SSSR count). The van der Waals surface area contributed by atoms with Crippen molar-refractivity contribution in [1.29, 1.82) is 5.26 Å². The number of hydrogen-bond donors (Lipinski definition) is 2. The van der Waals surface area contributed by atoms with Crippen LogP contribution in [0.2, 0.25) is 0 Å². The van der Waals surface area contributed by atoms with Crippen LogP contribution in [0.25, 0.3) is 0 Å². The maximum Gasteiger partial charge on any atom is 0.150 e. The normalized spacial score (nSPS) is 24.9. The van der Waals surface area contributed by atoms with E-state index in [9.17, 15) is 8.42 Å². The fraction of sp³-hybridized carbons (Fsp3) is 0.938. The summed E-state index contributed by atoms with van der Waals surface area (Å²) in [5.74, 6) is 3.58. The van der Waals surface area contributed by atoms with Crippen LogP contribution in [0, 0.1) is 40.9 Å². The highest BCUT2D eigenvalue weighted by Gasteiger charge is 2.28. The summed E-state index contributed by atoms with van der Waals surface area (Å²) in [6.07, 6.45) is 5.99.